The number of likely N-dealkylation sites (N-methyl/N-ethyl adjacent to an activating group) is 1. The van der Waals surface area contributed by atoms with Gasteiger partial charge in [0, 0.05) is 6.54 Å². The molecule has 11 heavy (non-hydrogen) atoms. The zero-order chi connectivity index (χ0) is 8.10. The minimum atomic E-state index is 0.888. The van der Waals surface area contributed by atoms with E-state index in [1.807, 2.05) is 7.05 Å². The Hall–Kier alpha value is -0.560. The number of hydrogen-bond donors (Lipinski definition) is 1. The van der Waals surface area contributed by atoms with E-state index in [0.717, 1.165) is 12.5 Å². The van der Waals surface area contributed by atoms with Crippen molar-refractivity contribution in [2.75, 3.05) is 13.6 Å². The van der Waals surface area contributed by atoms with Crippen LogP contribution < -0.4 is 5.32 Å². The van der Waals surface area contributed by atoms with Gasteiger partial charge in [-0.1, -0.05) is 23.8 Å². The lowest BCUT2D eigenvalue weighted by atomic mass is 10.1. The third-order valence-corrected chi connectivity index (χ3v) is 1.99. The molecule has 1 rings (SSSR count). The van der Waals surface area contributed by atoms with Crippen LogP contribution in [-0.4, -0.2) is 13.6 Å². The normalized spacial score (nSPS) is 19.6. The molecule has 0 aromatic heterocycles. The minimum absolute atomic E-state index is 0.888. The third kappa shape index (κ3) is 2.89. The number of nitrogens with one attached hydrogen (secondary N) is 1. The van der Waals surface area contributed by atoms with Crippen molar-refractivity contribution < 1.29 is 0 Å². The van der Waals surface area contributed by atoms with Crippen molar-refractivity contribution in [2.45, 2.75) is 19.8 Å². The molecule has 62 valence electrons. The molecule has 0 aliphatic heterocycles. The molecule has 0 radical (unpaired) electrons. The molecule has 0 bridgehead atoms. The molecule has 1 fully saturated rings. The summed E-state index contributed by atoms with van der Waals surface area (Å²) in [7, 11) is 2.01. The summed E-state index contributed by atoms with van der Waals surface area (Å²) in [6, 6.07) is 0. The van der Waals surface area contributed by atoms with Crippen LogP contribution in [0.25, 0.3) is 0 Å². The highest BCUT2D eigenvalue weighted by Gasteiger charge is 2.24. The molecule has 0 spiro atoms. The summed E-state index contributed by atoms with van der Waals surface area (Å²) in [5.74, 6) is 0.888. The van der Waals surface area contributed by atoms with E-state index in [1.165, 1.54) is 12.8 Å². The fourth-order valence-electron chi connectivity index (χ4n) is 1.22. The molecular weight excluding hydrogens is 134 g/mol. The molecular formula is C10H17N. The van der Waals surface area contributed by atoms with Gasteiger partial charge >= 0.3 is 0 Å². The van der Waals surface area contributed by atoms with Gasteiger partial charge < -0.3 is 5.32 Å². The highest BCUT2D eigenvalue weighted by molar-refractivity contribution is 5.19. The second kappa shape index (κ2) is 4.35. The van der Waals surface area contributed by atoms with Gasteiger partial charge in [-0.15, -0.1) is 0 Å². The third-order valence-electron chi connectivity index (χ3n) is 1.99. The second-order valence-corrected chi connectivity index (χ2v) is 3.07. The van der Waals surface area contributed by atoms with E-state index in [1.54, 1.807) is 5.57 Å². The van der Waals surface area contributed by atoms with Crippen molar-refractivity contribution in [2.24, 2.45) is 5.92 Å². The van der Waals surface area contributed by atoms with Gasteiger partial charge in [-0.25, -0.2) is 0 Å². The van der Waals surface area contributed by atoms with Crippen LogP contribution in [0.5, 0.6) is 0 Å². The first-order valence-corrected chi connectivity index (χ1v) is 4.34. The molecule has 1 saturated carbocycles. The second-order valence-electron chi connectivity index (χ2n) is 3.07. The maximum Gasteiger partial charge on any atom is 0.0167 e. The summed E-state index contributed by atoms with van der Waals surface area (Å²) >= 11 is 0. The van der Waals surface area contributed by atoms with Gasteiger partial charge in [0.25, 0.3) is 0 Å². The maximum atomic E-state index is 3.20. The summed E-state index contributed by atoms with van der Waals surface area (Å²) < 4.78 is 0. The van der Waals surface area contributed by atoms with Crippen molar-refractivity contribution in [1.29, 1.82) is 0 Å². The molecule has 1 aliphatic rings. The predicted molar refractivity (Wildman–Crippen MR) is 49.5 cm³/mol. The average molecular weight is 151 g/mol. The Kier molecular flexibility index (Phi) is 3.37. The summed E-state index contributed by atoms with van der Waals surface area (Å²) in [4.78, 5) is 0. The number of allylic oxidation sites excluding steroid dienone is 3. The van der Waals surface area contributed by atoms with E-state index >= 15 is 0 Å². The Morgan fingerprint density at radius 1 is 1.55 bits per heavy atom. The smallest absolute Gasteiger partial charge is 0.0167 e. The minimum Gasteiger partial charge on any atom is -0.316 e. The fourth-order valence-corrected chi connectivity index (χ4v) is 1.22. The van der Waals surface area contributed by atoms with Crippen LogP contribution in [0.2, 0.25) is 0 Å². The molecule has 0 saturated heterocycles. The van der Waals surface area contributed by atoms with Crippen LogP contribution in [0.15, 0.2) is 23.8 Å². The average Bonchev–Trinajstić information content (AvgIpc) is 2.80. The van der Waals surface area contributed by atoms with Crippen molar-refractivity contribution in [1.82, 2.24) is 5.32 Å². The maximum absolute atomic E-state index is 3.20. The molecule has 1 aliphatic carbocycles. The van der Waals surface area contributed by atoms with Crippen LogP contribution in [0.4, 0.5) is 0 Å². The first-order valence-electron chi connectivity index (χ1n) is 4.34. The van der Waals surface area contributed by atoms with E-state index in [4.69, 9.17) is 0 Å². The Labute approximate surface area is 69.2 Å². The summed E-state index contributed by atoms with van der Waals surface area (Å²) in [6.45, 7) is 3.11. The van der Waals surface area contributed by atoms with Crippen molar-refractivity contribution in [3.63, 3.8) is 0 Å². The lowest BCUT2D eigenvalue weighted by Crippen LogP contribution is -2.11. The Morgan fingerprint density at radius 2 is 2.27 bits per heavy atom. The van der Waals surface area contributed by atoms with Gasteiger partial charge in [-0.3, -0.25) is 0 Å². The van der Waals surface area contributed by atoms with Crippen LogP contribution >= 0.6 is 0 Å². The summed E-state index contributed by atoms with van der Waals surface area (Å²) in [5, 5.41) is 3.20. The molecule has 0 amide bonds. The zero-order valence-corrected chi connectivity index (χ0v) is 7.43. The molecule has 0 atom stereocenters. The fraction of sp³-hybridized carbons (Fsp3) is 0.600. The molecule has 0 aromatic rings. The highest BCUT2D eigenvalue weighted by Crippen LogP contribution is 2.35. The quantitative estimate of drug-likeness (QED) is 0.607. The van der Waals surface area contributed by atoms with Crippen molar-refractivity contribution >= 4 is 0 Å². The standard InChI is InChI=1S/C10H17N/c1-3-4-5-10(8-11-2)9-6-7-9/h3-5,9,11H,6-8H2,1-2H3/b4-3-,10-5-. The molecule has 1 heteroatoms. The number of rotatable bonds is 4. The molecule has 1 N–H and O–H groups in total. The van der Waals surface area contributed by atoms with Crippen molar-refractivity contribution in [3.05, 3.63) is 23.8 Å². The molecule has 1 nitrogen and oxygen atoms in total. The van der Waals surface area contributed by atoms with Gasteiger partial charge in [-0.2, -0.15) is 0 Å². The molecule has 0 unspecified atom stereocenters. The first kappa shape index (κ1) is 8.54. The Balaban J connectivity index is 2.43. The summed E-state index contributed by atoms with van der Waals surface area (Å²) in [5.41, 5.74) is 1.56. The SMILES string of the molecule is C/C=C\C=C(\CNC)C1CC1. The van der Waals surface area contributed by atoms with E-state index in [2.05, 4.69) is 30.5 Å². The lowest BCUT2D eigenvalue weighted by molar-refractivity contribution is 0.816. The van der Waals surface area contributed by atoms with Gasteiger partial charge in [0.2, 0.25) is 0 Å². The lowest BCUT2D eigenvalue weighted by Gasteiger charge is -2.02. The van der Waals surface area contributed by atoms with Gasteiger partial charge in [-0.05, 0) is 32.7 Å². The van der Waals surface area contributed by atoms with Crippen LogP contribution in [-0.2, 0) is 0 Å². The highest BCUT2D eigenvalue weighted by atomic mass is 14.8. The Bertz CT molecular complexity index is 164. The van der Waals surface area contributed by atoms with E-state index in [0.29, 0.717) is 0 Å². The first-order chi connectivity index (χ1) is 5.38. The topological polar surface area (TPSA) is 12.0 Å². The monoisotopic (exact) mass is 151 g/mol. The molecule has 0 heterocycles. The van der Waals surface area contributed by atoms with Gasteiger partial charge in [0.1, 0.15) is 0 Å². The van der Waals surface area contributed by atoms with E-state index < -0.39 is 0 Å². The van der Waals surface area contributed by atoms with E-state index in [9.17, 15) is 0 Å². The number of hydrogen-bond acceptors (Lipinski definition) is 1. The van der Waals surface area contributed by atoms with Gasteiger partial charge in [0.15, 0.2) is 0 Å². The Morgan fingerprint density at radius 3 is 2.73 bits per heavy atom. The van der Waals surface area contributed by atoms with Gasteiger partial charge in [0.05, 0.1) is 0 Å². The summed E-state index contributed by atoms with van der Waals surface area (Å²) in [6.07, 6.45) is 9.24. The predicted octanol–water partition coefficient (Wildman–Crippen LogP) is 2.12. The van der Waals surface area contributed by atoms with Crippen molar-refractivity contribution in [3.8, 4) is 0 Å². The molecule has 0 aromatic carbocycles. The largest absolute Gasteiger partial charge is 0.316 e. The van der Waals surface area contributed by atoms with Crippen LogP contribution in [0, 0.1) is 5.92 Å². The zero-order valence-electron chi connectivity index (χ0n) is 7.43. The van der Waals surface area contributed by atoms with Crippen LogP contribution in [0.1, 0.15) is 19.8 Å². The van der Waals surface area contributed by atoms with Crippen LogP contribution in [0.3, 0.4) is 0 Å². The van der Waals surface area contributed by atoms with E-state index in [-0.39, 0.29) is 0 Å².